The van der Waals surface area contributed by atoms with E-state index < -0.39 is 5.60 Å². The van der Waals surface area contributed by atoms with Gasteiger partial charge >= 0.3 is 0 Å². The van der Waals surface area contributed by atoms with E-state index >= 15 is 0 Å². The molecule has 0 aliphatic heterocycles. The van der Waals surface area contributed by atoms with E-state index in [1.165, 1.54) is 12.1 Å². The van der Waals surface area contributed by atoms with Gasteiger partial charge < -0.3 is 15.5 Å². The van der Waals surface area contributed by atoms with Crippen molar-refractivity contribution in [3.63, 3.8) is 0 Å². The number of phenolic OH excluding ortho intramolecular Hbond substituents is 1. The summed E-state index contributed by atoms with van der Waals surface area (Å²) in [6.45, 7) is 0.298. The van der Waals surface area contributed by atoms with Crippen LogP contribution in [-0.2, 0) is 0 Å². The van der Waals surface area contributed by atoms with Gasteiger partial charge in [0.25, 0.3) is 5.91 Å². The molecule has 0 bridgehead atoms. The van der Waals surface area contributed by atoms with Crippen LogP contribution in [0.3, 0.4) is 0 Å². The first-order chi connectivity index (χ1) is 8.59. The fourth-order valence-electron chi connectivity index (χ4n) is 2.35. The summed E-state index contributed by atoms with van der Waals surface area (Å²) in [7, 11) is 0. The van der Waals surface area contributed by atoms with Crippen LogP contribution in [0.4, 0.5) is 0 Å². The van der Waals surface area contributed by atoms with Gasteiger partial charge in [-0.05, 0) is 37.1 Å². The monoisotopic (exact) mass is 249 g/mol. The Kier molecular flexibility index (Phi) is 3.87. The normalized spacial score (nSPS) is 18.3. The first kappa shape index (κ1) is 12.9. The van der Waals surface area contributed by atoms with E-state index in [0.717, 1.165) is 32.1 Å². The molecular formula is C14H19NO3. The third-order valence-electron chi connectivity index (χ3n) is 3.49. The Labute approximate surface area is 107 Å². The van der Waals surface area contributed by atoms with Gasteiger partial charge in [-0.2, -0.15) is 0 Å². The molecule has 0 unspecified atom stereocenters. The minimum absolute atomic E-state index is 0.137. The lowest BCUT2D eigenvalue weighted by Gasteiger charge is -2.32. The Balaban J connectivity index is 1.89. The highest BCUT2D eigenvalue weighted by molar-refractivity contribution is 5.94. The lowest BCUT2D eigenvalue weighted by Crippen LogP contribution is -2.44. The molecule has 0 spiro atoms. The number of aliphatic hydroxyl groups is 1. The lowest BCUT2D eigenvalue weighted by molar-refractivity contribution is 0.00525. The second-order valence-corrected chi connectivity index (χ2v) is 5.01. The van der Waals surface area contributed by atoms with Gasteiger partial charge in [0.15, 0.2) is 0 Å². The SMILES string of the molecule is O=C(NCC1(O)CCCCC1)c1ccc(O)cc1. The number of carbonyl (C=O) groups is 1. The molecule has 0 saturated heterocycles. The molecule has 2 rings (SSSR count). The number of hydrogen-bond acceptors (Lipinski definition) is 3. The summed E-state index contributed by atoms with van der Waals surface area (Å²) >= 11 is 0. The molecule has 1 aromatic carbocycles. The maximum atomic E-state index is 11.8. The van der Waals surface area contributed by atoms with Gasteiger partial charge in [-0.15, -0.1) is 0 Å². The fourth-order valence-corrected chi connectivity index (χ4v) is 2.35. The van der Waals surface area contributed by atoms with Crippen molar-refractivity contribution in [1.82, 2.24) is 5.32 Å². The van der Waals surface area contributed by atoms with Crippen molar-refractivity contribution < 1.29 is 15.0 Å². The van der Waals surface area contributed by atoms with E-state index in [1.807, 2.05) is 0 Å². The Morgan fingerprint density at radius 1 is 1.17 bits per heavy atom. The largest absolute Gasteiger partial charge is 0.508 e. The maximum absolute atomic E-state index is 11.8. The maximum Gasteiger partial charge on any atom is 0.251 e. The number of aromatic hydroxyl groups is 1. The van der Waals surface area contributed by atoms with E-state index in [1.54, 1.807) is 12.1 Å². The zero-order valence-corrected chi connectivity index (χ0v) is 10.4. The summed E-state index contributed by atoms with van der Waals surface area (Å²) in [5, 5.41) is 22.2. The minimum Gasteiger partial charge on any atom is -0.508 e. The Bertz CT molecular complexity index is 408. The first-order valence-electron chi connectivity index (χ1n) is 6.39. The van der Waals surface area contributed by atoms with Crippen LogP contribution in [0.1, 0.15) is 42.5 Å². The van der Waals surface area contributed by atoms with E-state index in [9.17, 15) is 9.90 Å². The molecule has 1 aliphatic rings. The van der Waals surface area contributed by atoms with Crippen LogP contribution in [0.25, 0.3) is 0 Å². The van der Waals surface area contributed by atoms with Crippen molar-refractivity contribution >= 4 is 5.91 Å². The quantitative estimate of drug-likeness (QED) is 0.765. The number of phenols is 1. The average Bonchev–Trinajstić information content (AvgIpc) is 2.38. The highest BCUT2D eigenvalue weighted by atomic mass is 16.3. The molecule has 0 atom stereocenters. The van der Waals surface area contributed by atoms with Crippen LogP contribution in [0.5, 0.6) is 5.75 Å². The van der Waals surface area contributed by atoms with Crippen molar-refractivity contribution in [2.24, 2.45) is 0 Å². The highest BCUT2D eigenvalue weighted by Crippen LogP contribution is 2.27. The lowest BCUT2D eigenvalue weighted by atomic mass is 9.85. The number of rotatable bonds is 3. The van der Waals surface area contributed by atoms with Crippen molar-refractivity contribution in [2.45, 2.75) is 37.7 Å². The average molecular weight is 249 g/mol. The molecule has 98 valence electrons. The number of carbonyl (C=O) groups excluding carboxylic acids is 1. The minimum atomic E-state index is -0.745. The topological polar surface area (TPSA) is 69.6 Å². The first-order valence-corrected chi connectivity index (χ1v) is 6.39. The van der Waals surface area contributed by atoms with Crippen molar-refractivity contribution in [3.8, 4) is 5.75 Å². The zero-order chi connectivity index (χ0) is 13.0. The zero-order valence-electron chi connectivity index (χ0n) is 10.4. The summed E-state index contributed by atoms with van der Waals surface area (Å²) in [4.78, 5) is 11.8. The molecule has 1 aromatic rings. The third kappa shape index (κ3) is 3.23. The summed E-state index contributed by atoms with van der Waals surface area (Å²) < 4.78 is 0. The van der Waals surface area contributed by atoms with Crippen LogP contribution in [0.2, 0.25) is 0 Å². The Hall–Kier alpha value is -1.55. The van der Waals surface area contributed by atoms with Gasteiger partial charge in [0.1, 0.15) is 5.75 Å². The van der Waals surface area contributed by atoms with Gasteiger partial charge in [-0.3, -0.25) is 4.79 Å². The molecule has 1 aliphatic carbocycles. The van der Waals surface area contributed by atoms with E-state index in [0.29, 0.717) is 12.1 Å². The summed E-state index contributed by atoms with van der Waals surface area (Å²) in [6.07, 6.45) is 4.71. The molecule has 0 aromatic heterocycles. The van der Waals surface area contributed by atoms with Crippen molar-refractivity contribution in [1.29, 1.82) is 0 Å². The van der Waals surface area contributed by atoms with Gasteiger partial charge in [0.05, 0.1) is 5.60 Å². The van der Waals surface area contributed by atoms with Crippen LogP contribution >= 0.6 is 0 Å². The van der Waals surface area contributed by atoms with Gasteiger partial charge in [-0.25, -0.2) is 0 Å². The van der Waals surface area contributed by atoms with Crippen molar-refractivity contribution in [2.75, 3.05) is 6.54 Å². The van der Waals surface area contributed by atoms with E-state index in [4.69, 9.17) is 5.11 Å². The number of benzene rings is 1. The summed E-state index contributed by atoms with van der Waals surface area (Å²) in [5.74, 6) is -0.0774. The van der Waals surface area contributed by atoms with E-state index in [2.05, 4.69) is 5.32 Å². The van der Waals surface area contributed by atoms with Crippen LogP contribution in [0.15, 0.2) is 24.3 Å². The van der Waals surface area contributed by atoms with Crippen LogP contribution in [-0.4, -0.2) is 28.3 Å². The van der Waals surface area contributed by atoms with Crippen LogP contribution < -0.4 is 5.32 Å². The van der Waals surface area contributed by atoms with Gasteiger partial charge in [0, 0.05) is 12.1 Å². The molecule has 1 amide bonds. The molecule has 18 heavy (non-hydrogen) atoms. The summed E-state index contributed by atoms with van der Waals surface area (Å²) in [6, 6.07) is 6.08. The number of nitrogens with one attached hydrogen (secondary N) is 1. The molecule has 3 N–H and O–H groups in total. The molecule has 1 fully saturated rings. The smallest absolute Gasteiger partial charge is 0.251 e. The second kappa shape index (κ2) is 5.40. The molecular weight excluding hydrogens is 230 g/mol. The molecule has 4 nitrogen and oxygen atoms in total. The highest BCUT2D eigenvalue weighted by Gasteiger charge is 2.29. The predicted octanol–water partition coefficient (Wildman–Crippen LogP) is 1.82. The molecule has 1 saturated carbocycles. The van der Waals surface area contributed by atoms with Gasteiger partial charge in [-0.1, -0.05) is 19.3 Å². The fraction of sp³-hybridized carbons (Fsp3) is 0.500. The van der Waals surface area contributed by atoms with Gasteiger partial charge in [0.2, 0.25) is 0 Å². The second-order valence-electron chi connectivity index (χ2n) is 5.01. The predicted molar refractivity (Wildman–Crippen MR) is 68.5 cm³/mol. The standard InChI is InChI=1S/C14H19NO3/c16-12-6-4-11(5-7-12)13(17)15-10-14(18)8-2-1-3-9-14/h4-7,16,18H,1-3,8-10H2,(H,15,17). The molecule has 0 heterocycles. The summed E-state index contributed by atoms with van der Waals surface area (Å²) in [5.41, 5.74) is -0.252. The van der Waals surface area contributed by atoms with Crippen molar-refractivity contribution in [3.05, 3.63) is 29.8 Å². The number of hydrogen-bond donors (Lipinski definition) is 3. The third-order valence-corrected chi connectivity index (χ3v) is 3.49. The number of amides is 1. The Morgan fingerprint density at radius 3 is 2.39 bits per heavy atom. The van der Waals surface area contributed by atoms with E-state index in [-0.39, 0.29) is 11.7 Å². The Morgan fingerprint density at radius 2 is 1.78 bits per heavy atom. The molecule has 4 heteroatoms. The molecule has 0 radical (unpaired) electrons. The van der Waals surface area contributed by atoms with Crippen LogP contribution in [0, 0.1) is 0 Å².